The highest BCUT2D eigenvalue weighted by atomic mass is 19.1. The van der Waals surface area contributed by atoms with Crippen molar-refractivity contribution in [2.24, 2.45) is 0 Å². The van der Waals surface area contributed by atoms with Crippen LogP contribution >= 0.6 is 0 Å². The number of nitrogens with one attached hydrogen (secondary N) is 1. The van der Waals surface area contributed by atoms with E-state index in [1.807, 2.05) is 29.8 Å². The lowest BCUT2D eigenvalue weighted by atomic mass is 10.00. The summed E-state index contributed by atoms with van der Waals surface area (Å²) in [5.74, 6) is 0. The molecule has 7 heteroatoms. The van der Waals surface area contributed by atoms with Crippen molar-refractivity contribution in [3.63, 3.8) is 0 Å². The van der Waals surface area contributed by atoms with Crippen molar-refractivity contribution < 1.29 is 4.39 Å². The fourth-order valence-corrected chi connectivity index (χ4v) is 5.00. The number of halogens is 1. The Morgan fingerprint density at radius 1 is 1.12 bits per heavy atom. The lowest BCUT2D eigenvalue weighted by molar-refractivity contribution is 0.0429. The van der Waals surface area contributed by atoms with E-state index >= 15 is 4.39 Å². The first kappa shape index (κ1) is 21.8. The third-order valence-electron chi connectivity index (χ3n) is 6.82. The molecule has 6 nitrogen and oxygen atoms in total. The average Bonchev–Trinajstić information content (AvgIpc) is 3.50. The SMILES string of the molecule is CN(Cc1ccccc1)[C@H]1CCN(CCCc2c[nH]c3ccc(-n4cnnc4)cc23)C[C@H]1F. The van der Waals surface area contributed by atoms with Crippen molar-refractivity contribution in [1.29, 1.82) is 0 Å². The Morgan fingerprint density at radius 3 is 2.73 bits per heavy atom. The van der Waals surface area contributed by atoms with Gasteiger partial charge >= 0.3 is 0 Å². The van der Waals surface area contributed by atoms with E-state index in [4.69, 9.17) is 0 Å². The number of H-pyrrole nitrogens is 1. The molecule has 0 unspecified atom stereocenters. The summed E-state index contributed by atoms with van der Waals surface area (Å²) in [6, 6.07) is 16.7. The number of nitrogens with zero attached hydrogens (tertiary/aromatic N) is 5. The second kappa shape index (κ2) is 9.85. The number of aromatic nitrogens is 4. The number of hydrogen-bond donors (Lipinski definition) is 1. The van der Waals surface area contributed by atoms with E-state index in [0.29, 0.717) is 6.54 Å². The van der Waals surface area contributed by atoms with Gasteiger partial charge in [-0.1, -0.05) is 30.3 Å². The normalized spacial score (nSPS) is 19.5. The maximum Gasteiger partial charge on any atom is 0.128 e. The Balaban J connectivity index is 1.14. The summed E-state index contributed by atoms with van der Waals surface area (Å²) in [5.41, 5.74) is 4.72. The number of likely N-dealkylation sites (tertiary alicyclic amines) is 1. The van der Waals surface area contributed by atoms with Gasteiger partial charge < -0.3 is 9.88 Å². The van der Waals surface area contributed by atoms with Crippen LogP contribution in [-0.2, 0) is 13.0 Å². The summed E-state index contributed by atoms with van der Waals surface area (Å²) in [6.45, 7) is 3.20. The minimum atomic E-state index is -0.813. The Kier molecular flexibility index (Phi) is 6.51. The second-order valence-electron chi connectivity index (χ2n) is 9.09. The van der Waals surface area contributed by atoms with Gasteiger partial charge in [-0.25, -0.2) is 4.39 Å². The van der Waals surface area contributed by atoms with Crippen molar-refractivity contribution in [3.05, 3.63) is 78.5 Å². The van der Waals surface area contributed by atoms with Crippen molar-refractivity contribution in [1.82, 2.24) is 29.5 Å². The molecule has 5 rings (SSSR count). The summed E-state index contributed by atoms with van der Waals surface area (Å²) < 4.78 is 17.0. The molecule has 1 aliphatic rings. The number of aromatic amines is 1. The van der Waals surface area contributed by atoms with Gasteiger partial charge in [-0.3, -0.25) is 9.47 Å². The number of aryl methyl sites for hydroxylation is 1. The molecule has 2 atom stereocenters. The number of benzene rings is 2. The number of piperidine rings is 1. The first-order chi connectivity index (χ1) is 16.2. The van der Waals surface area contributed by atoms with E-state index in [1.54, 1.807) is 12.7 Å². The lowest BCUT2D eigenvalue weighted by Crippen LogP contribution is -2.51. The van der Waals surface area contributed by atoms with Crippen molar-refractivity contribution in [2.75, 3.05) is 26.7 Å². The van der Waals surface area contributed by atoms with E-state index < -0.39 is 6.17 Å². The molecular weight excluding hydrogens is 415 g/mol. The fraction of sp³-hybridized carbons (Fsp3) is 0.385. The number of rotatable bonds is 8. The zero-order valence-corrected chi connectivity index (χ0v) is 19.1. The van der Waals surface area contributed by atoms with E-state index in [0.717, 1.165) is 50.1 Å². The lowest BCUT2D eigenvalue weighted by Gasteiger charge is -2.39. The summed E-state index contributed by atoms with van der Waals surface area (Å²) >= 11 is 0. The van der Waals surface area contributed by atoms with Gasteiger partial charge in [0.1, 0.15) is 18.8 Å². The number of alkyl halides is 1. The molecule has 1 fully saturated rings. The molecule has 0 spiro atoms. The summed E-state index contributed by atoms with van der Waals surface area (Å²) in [4.78, 5) is 7.84. The van der Waals surface area contributed by atoms with E-state index in [9.17, 15) is 0 Å². The minimum Gasteiger partial charge on any atom is -0.361 e. The molecule has 172 valence electrons. The molecule has 1 saturated heterocycles. The van der Waals surface area contributed by atoms with Gasteiger partial charge in [-0.2, -0.15) is 0 Å². The Hall–Kier alpha value is -3.03. The van der Waals surface area contributed by atoms with Crippen molar-refractivity contribution >= 4 is 10.9 Å². The van der Waals surface area contributed by atoms with Gasteiger partial charge in [0, 0.05) is 41.9 Å². The van der Waals surface area contributed by atoms with Gasteiger partial charge in [0.2, 0.25) is 0 Å². The third-order valence-corrected chi connectivity index (χ3v) is 6.82. The predicted molar refractivity (Wildman–Crippen MR) is 129 cm³/mol. The van der Waals surface area contributed by atoms with Gasteiger partial charge in [-0.15, -0.1) is 10.2 Å². The molecule has 0 radical (unpaired) electrons. The van der Waals surface area contributed by atoms with Crippen LogP contribution in [0.25, 0.3) is 16.6 Å². The van der Waals surface area contributed by atoms with Gasteiger partial charge in [-0.05, 0) is 68.7 Å². The molecule has 2 aromatic carbocycles. The van der Waals surface area contributed by atoms with E-state index in [-0.39, 0.29) is 6.04 Å². The first-order valence-corrected chi connectivity index (χ1v) is 11.7. The summed E-state index contributed by atoms with van der Waals surface area (Å²) in [5, 5.41) is 9.03. The van der Waals surface area contributed by atoms with E-state index in [1.165, 1.54) is 16.5 Å². The molecule has 33 heavy (non-hydrogen) atoms. The molecule has 1 aliphatic heterocycles. The average molecular weight is 447 g/mol. The molecule has 0 bridgehead atoms. The molecule has 0 amide bonds. The predicted octanol–water partition coefficient (Wildman–Crippen LogP) is 4.23. The second-order valence-corrected chi connectivity index (χ2v) is 9.09. The van der Waals surface area contributed by atoms with Crippen LogP contribution in [-0.4, -0.2) is 68.4 Å². The van der Waals surface area contributed by atoms with E-state index in [2.05, 4.69) is 61.5 Å². The first-order valence-electron chi connectivity index (χ1n) is 11.7. The zero-order valence-electron chi connectivity index (χ0n) is 19.1. The molecule has 3 heterocycles. The molecule has 4 aromatic rings. The highest BCUT2D eigenvalue weighted by molar-refractivity contribution is 5.85. The minimum absolute atomic E-state index is 0.00818. The molecule has 0 saturated carbocycles. The van der Waals surface area contributed by atoms with Gasteiger partial charge in [0.25, 0.3) is 0 Å². The fourth-order valence-electron chi connectivity index (χ4n) is 5.00. The maximum atomic E-state index is 15.0. The van der Waals surface area contributed by atoms with Gasteiger partial charge in [0.15, 0.2) is 0 Å². The number of hydrogen-bond acceptors (Lipinski definition) is 4. The van der Waals surface area contributed by atoms with Crippen LogP contribution in [0, 0.1) is 0 Å². The Morgan fingerprint density at radius 2 is 1.94 bits per heavy atom. The highest BCUT2D eigenvalue weighted by Crippen LogP contribution is 2.24. The van der Waals surface area contributed by atoms with Crippen LogP contribution in [0.4, 0.5) is 4.39 Å². The smallest absolute Gasteiger partial charge is 0.128 e. The largest absolute Gasteiger partial charge is 0.361 e. The zero-order chi connectivity index (χ0) is 22.6. The Labute approximate surface area is 194 Å². The van der Waals surface area contributed by atoms with Crippen LogP contribution in [0.15, 0.2) is 67.4 Å². The molecule has 2 aromatic heterocycles. The highest BCUT2D eigenvalue weighted by Gasteiger charge is 2.31. The summed E-state index contributed by atoms with van der Waals surface area (Å²) in [7, 11) is 2.05. The Bertz CT molecular complexity index is 1160. The molecular formula is C26H31FN6. The quantitative estimate of drug-likeness (QED) is 0.440. The van der Waals surface area contributed by atoms with Crippen molar-refractivity contribution in [2.45, 2.75) is 38.0 Å². The monoisotopic (exact) mass is 446 g/mol. The third kappa shape index (κ3) is 4.99. The molecule has 0 aliphatic carbocycles. The molecule has 1 N–H and O–H groups in total. The topological polar surface area (TPSA) is 53.0 Å². The maximum absolute atomic E-state index is 15.0. The standard InChI is InChI=1S/C26H31FN6/c1-31(16-20-6-3-2-4-7-20)26-11-13-32(17-24(26)27)12-5-8-21-15-28-25-10-9-22(14-23(21)25)33-18-29-30-19-33/h2-4,6-7,9-10,14-15,18-19,24,26,28H,5,8,11-13,16-17H2,1H3/t24-,26+/m1/s1. The van der Waals surface area contributed by atoms with Crippen LogP contribution in [0.5, 0.6) is 0 Å². The van der Waals surface area contributed by atoms with Crippen LogP contribution < -0.4 is 0 Å². The summed E-state index contributed by atoms with van der Waals surface area (Å²) in [6.07, 6.45) is 7.57. The number of fused-ring (bicyclic) bond motifs is 1. The van der Waals surface area contributed by atoms with Crippen LogP contribution in [0.2, 0.25) is 0 Å². The van der Waals surface area contributed by atoms with Gasteiger partial charge in [0.05, 0.1) is 0 Å². The van der Waals surface area contributed by atoms with Crippen LogP contribution in [0.1, 0.15) is 24.0 Å². The van der Waals surface area contributed by atoms with Crippen molar-refractivity contribution in [3.8, 4) is 5.69 Å². The van der Waals surface area contributed by atoms with Crippen LogP contribution in [0.3, 0.4) is 0 Å².